The number of carboxylic acids is 1. The summed E-state index contributed by atoms with van der Waals surface area (Å²) in [6.07, 6.45) is 2.11. The number of aromatic nitrogens is 1. The highest BCUT2D eigenvalue weighted by atomic mass is 35.5. The third-order valence-electron chi connectivity index (χ3n) is 6.37. The first-order chi connectivity index (χ1) is 13.2. The van der Waals surface area contributed by atoms with Crippen LogP contribution in [-0.4, -0.2) is 40.9 Å². The lowest BCUT2D eigenvalue weighted by atomic mass is 10.0. The second-order valence-corrected chi connectivity index (χ2v) is 8.55. The number of carboxylic acid groups (broad SMARTS) is 1. The van der Waals surface area contributed by atoms with E-state index in [1.54, 1.807) is 4.90 Å². The van der Waals surface area contributed by atoms with Gasteiger partial charge in [-0.1, -0.05) is 11.6 Å². The molecule has 5 rings (SSSR count). The molecule has 2 heterocycles. The second-order valence-electron chi connectivity index (χ2n) is 8.17. The number of carbonyl (C=O) groups is 1. The maximum absolute atomic E-state index is 15.0. The van der Waals surface area contributed by atoms with Gasteiger partial charge in [0.2, 0.25) is 5.43 Å². The van der Waals surface area contributed by atoms with Gasteiger partial charge in [-0.05, 0) is 18.9 Å². The van der Waals surface area contributed by atoms with Crippen molar-refractivity contribution in [3.05, 3.63) is 38.9 Å². The molecule has 148 valence electrons. The monoisotopic (exact) mass is 409 g/mol. The van der Waals surface area contributed by atoms with Crippen molar-refractivity contribution >= 4 is 34.2 Å². The molecule has 0 bridgehead atoms. The minimum absolute atomic E-state index is 0.00645. The molecular weight excluding hydrogens is 392 g/mol. The first-order valence-electron chi connectivity index (χ1n) is 9.18. The van der Waals surface area contributed by atoms with Crippen LogP contribution in [0.5, 0.6) is 0 Å². The summed E-state index contributed by atoms with van der Waals surface area (Å²) in [5.41, 5.74) is 5.15. The number of halogens is 3. The van der Waals surface area contributed by atoms with E-state index in [1.807, 2.05) is 0 Å². The number of nitrogens with two attached hydrogens (primary N) is 1. The van der Waals surface area contributed by atoms with Crippen molar-refractivity contribution in [2.45, 2.75) is 37.5 Å². The minimum Gasteiger partial charge on any atom is -0.477 e. The zero-order valence-corrected chi connectivity index (χ0v) is 15.5. The summed E-state index contributed by atoms with van der Waals surface area (Å²) in [4.78, 5) is 25.8. The molecule has 1 saturated heterocycles. The minimum atomic E-state index is -1.45. The lowest BCUT2D eigenvalue weighted by Crippen LogP contribution is -2.30. The number of benzene rings is 1. The molecule has 1 aromatic heterocycles. The lowest BCUT2D eigenvalue weighted by molar-refractivity contribution is 0.0694. The summed E-state index contributed by atoms with van der Waals surface area (Å²) in [7, 11) is 0. The highest BCUT2D eigenvalue weighted by Gasteiger charge is 2.54. The van der Waals surface area contributed by atoms with E-state index in [0.29, 0.717) is 13.1 Å². The topological polar surface area (TPSA) is 88.6 Å². The molecule has 1 aliphatic heterocycles. The van der Waals surface area contributed by atoms with E-state index < -0.39 is 35.0 Å². The molecule has 0 amide bonds. The van der Waals surface area contributed by atoms with Crippen LogP contribution in [0, 0.1) is 11.2 Å². The van der Waals surface area contributed by atoms with Crippen molar-refractivity contribution in [1.29, 1.82) is 0 Å². The predicted molar refractivity (Wildman–Crippen MR) is 101 cm³/mol. The summed E-state index contributed by atoms with van der Waals surface area (Å²) in [6, 6.07) is 0.308. The van der Waals surface area contributed by atoms with Gasteiger partial charge in [0.05, 0.1) is 27.7 Å². The van der Waals surface area contributed by atoms with Gasteiger partial charge in [-0.25, -0.2) is 13.6 Å². The Kier molecular flexibility index (Phi) is 3.62. The van der Waals surface area contributed by atoms with Crippen LogP contribution >= 0.6 is 11.6 Å². The van der Waals surface area contributed by atoms with Gasteiger partial charge in [-0.15, -0.1) is 0 Å². The van der Waals surface area contributed by atoms with Gasteiger partial charge in [0.25, 0.3) is 0 Å². The Hall–Kier alpha value is -2.19. The van der Waals surface area contributed by atoms with Gasteiger partial charge in [0.15, 0.2) is 0 Å². The number of aromatic carboxylic acids is 1. The molecule has 1 spiro atoms. The van der Waals surface area contributed by atoms with E-state index in [-0.39, 0.29) is 39.5 Å². The lowest BCUT2D eigenvalue weighted by Gasteiger charge is -2.23. The maximum Gasteiger partial charge on any atom is 0.341 e. The zero-order valence-electron chi connectivity index (χ0n) is 14.8. The van der Waals surface area contributed by atoms with Crippen molar-refractivity contribution < 1.29 is 18.7 Å². The van der Waals surface area contributed by atoms with Gasteiger partial charge in [-0.2, -0.15) is 0 Å². The fraction of sp³-hybridized carbons (Fsp3) is 0.474. The fourth-order valence-corrected chi connectivity index (χ4v) is 4.84. The van der Waals surface area contributed by atoms with Crippen molar-refractivity contribution in [3.8, 4) is 0 Å². The Labute approximate surface area is 163 Å². The largest absolute Gasteiger partial charge is 0.477 e. The highest BCUT2D eigenvalue weighted by Crippen LogP contribution is 2.54. The molecule has 0 radical (unpaired) electrons. The van der Waals surface area contributed by atoms with Crippen molar-refractivity contribution in [2.24, 2.45) is 11.1 Å². The summed E-state index contributed by atoms with van der Waals surface area (Å²) in [5.74, 6) is -2.15. The first kappa shape index (κ1) is 17.9. The summed E-state index contributed by atoms with van der Waals surface area (Å²) < 4.78 is 30.2. The van der Waals surface area contributed by atoms with Crippen LogP contribution in [0.1, 0.15) is 35.7 Å². The van der Waals surface area contributed by atoms with Crippen LogP contribution in [0.3, 0.4) is 0 Å². The fourth-order valence-electron chi connectivity index (χ4n) is 4.43. The third kappa shape index (κ3) is 2.40. The van der Waals surface area contributed by atoms with E-state index in [4.69, 9.17) is 17.3 Å². The van der Waals surface area contributed by atoms with Crippen molar-refractivity contribution in [3.63, 3.8) is 0 Å². The molecule has 2 saturated carbocycles. The summed E-state index contributed by atoms with van der Waals surface area (Å²) in [6.45, 7) is 1.01. The summed E-state index contributed by atoms with van der Waals surface area (Å²) in [5, 5.41) is 9.16. The Morgan fingerprint density at radius 1 is 1.39 bits per heavy atom. The van der Waals surface area contributed by atoms with E-state index in [1.165, 1.54) is 4.57 Å². The van der Waals surface area contributed by atoms with Crippen LogP contribution in [0.15, 0.2) is 17.1 Å². The Bertz CT molecular complexity index is 1100. The number of hydrogen-bond acceptors (Lipinski definition) is 4. The standard InChI is InChI=1S/C19H18ClF2N3O3/c20-14-15-8(17(26)9(18(27)28)5-25(15)12-4-10(12)21)3-11(22)16(14)24-6-13(23)19(7-24)1-2-19/h3,5,10,12-13H,1-2,4,6-7,23H2,(H,27,28)/t10-,12-,13-/m0/s1. The normalized spacial score (nSPS) is 27.6. The number of anilines is 1. The smallest absolute Gasteiger partial charge is 0.341 e. The van der Waals surface area contributed by atoms with Gasteiger partial charge in [0.1, 0.15) is 17.6 Å². The molecule has 28 heavy (non-hydrogen) atoms. The third-order valence-corrected chi connectivity index (χ3v) is 6.73. The molecule has 6 nitrogen and oxygen atoms in total. The maximum atomic E-state index is 15.0. The second kappa shape index (κ2) is 5.67. The SMILES string of the molecule is N[C@H]1CN(c2c(F)cc3c(=O)c(C(=O)O)cn([C@H]4C[C@@H]4F)c3c2Cl)CC12CC2. The van der Waals surface area contributed by atoms with Crippen LogP contribution in [0.4, 0.5) is 14.5 Å². The van der Waals surface area contributed by atoms with E-state index in [9.17, 15) is 19.1 Å². The van der Waals surface area contributed by atoms with Crippen LogP contribution in [0.2, 0.25) is 5.02 Å². The number of hydrogen-bond donors (Lipinski definition) is 2. The van der Waals surface area contributed by atoms with E-state index >= 15 is 4.39 Å². The van der Waals surface area contributed by atoms with Gasteiger partial charge < -0.3 is 20.3 Å². The number of fused-ring (bicyclic) bond motifs is 1. The number of rotatable bonds is 3. The van der Waals surface area contributed by atoms with Gasteiger partial charge in [-0.3, -0.25) is 4.79 Å². The van der Waals surface area contributed by atoms with Gasteiger partial charge in [0, 0.05) is 37.2 Å². The molecule has 9 heteroatoms. The molecule has 3 fully saturated rings. The Morgan fingerprint density at radius 3 is 2.61 bits per heavy atom. The number of alkyl halides is 1. The Morgan fingerprint density at radius 2 is 2.07 bits per heavy atom. The molecule has 3 atom stereocenters. The van der Waals surface area contributed by atoms with Crippen molar-refractivity contribution in [2.75, 3.05) is 18.0 Å². The first-order valence-corrected chi connectivity index (χ1v) is 9.56. The molecule has 3 aliphatic rings. The van der Waals surface area contributed by atoms with E-state index in [0.717, 1.165) is 25.1 Å². The highest BCUT2D eigenvalue weighted by molar-refractivity contribution is 6.38. The average molecular weight is 410 g/mol. The molecule has 2 aromatic rings. The van der Waals surface area contributed by atoms with Crippen LogP contribution < -0.4 is 16.1 Å². The van der Waals surface area contributed by atoms with E-state index in [2.05, 4.69) is 0 Å². The van der Waals surface area contributed by atoms with Crippen LogP contribution in [0.25, 0.3) is 10.9 Å². The van der Waals surface area contributed by atoms with Crippen molar-refractivity contribution in [1.82, 2.24) is 4.57 Å². The predicted octanol–water partition coefficient (Wildman–Crippen LogP) is 2.70. The van der Waals surface area contributed by atoms with Crippen LogP contribution in [-0.2, 0) is 0 Å². The summed E-state index contributed by atoms with van der Waals surface area (Å²) >= 11 is 6.56. The number of pyridine rings is 1. The molecule has 0 unspecified atom stereocenters. The zero-order chi connectivity index (χ0) is 20.0. The Balaban J connectivity index is 1.75. The van der Waals surface area contributed by atoms with Gasteiger partial charge >= 0.3 is 5.97 Å². The molecule has 1 aromatic carbocycles. The quantitative estimate of drug-likeness (QED) is 0.813. The number of nitrogens with zero attached hydrogens (tertiary/aromatic N) is 2. The molecule has 3 N–H and O–H groups in total. The average Bonchev–Trinajstić information content (AvgIpc) is 3.51. The molecular formula is C19H18ClF2N3O3. The molecule has 2 aliphatic carbocycles.